The Balaban J connectivity index is 1.77. The van der Waals surface area contributed by atoms with Crippen molar-refractivity contribution in [1.82, 2.24) is 15.5 Å². The van der Waals surface area contributed by atoms with Gasteiger partial charge in [-0.2, -0.15) is 0 Å². The highest BCUT2D eigenvalue weighted by molar-refractivity contribution is 7.91. The zero-order valence-corrected chi connectivity index (χ0v) is 12.0. The van der Waals surface area contributed by atoms with Crippen LogP contribution in [0.4, 0.5) is 0 Å². The standard InChI is InChI=1S/C12H23N3O3S/c16-12(9-15-6-2-4-13-5-7-15)14-11-3-1-8-19(17,18)10-11/h11,13H,1-10H2,(H,14,16). The van der Waals surface area contributed by atoms with E-state index in [4.69, 9.17) is 0 Å². The van der Waals surface area contributed by atoms with E-state index in [2.05, 4.69) is 15.5 Å². The number of hydrogen-bond acceptors (Lipinski definition) is 5. The molecule has 0 aromatic heterocycles. The number of rotatable bonds is 3. The third kappa shape index (κ3) is 5.08. The molecule has 1 unspecified atom stereocenters. The van der Waals surface area contributed by atoms with E-state index in [0.717, 1.165) is 39.0 Å². The number of hydrogen-bond donors (Lipinski definition) is 2. The summed E-state index contributed by atoms with van der Waals surface area (Å²) in [6.45, 7) is 4.07. The summed E-state index contributed by atoms with van der Waals surface area (Å²) in [6.07, 6.45) is 2.47. The molecule has 1 amide bonds. The summed E-state index contributed by atoms with van der Waals surface area (Å²) in [4.78, 5) is 14.1. The fourth-order valence-electron chi connectivity index (χ4n) is 2.67. The molecular formula is C12H23N3O3S. The van der Waals surface area contributed by atoms with Crippen molar-refractivity contribution in [3.05, 3.63) is 0 Å². The smallest absolute Gasteiger partial charge is 0.234 e. The number of carbonyl (C=O) groups excluding carboxylic acids is 1. The molecule has 2 fully saturated rings. The molecule has 1 atom stereocenters. The van der Waals surface area contributed by atoms with E-state index >= 15 is 0 Å². The van der Waals surface area contributed by atoms with Gasteiger partial charge in [-0.05, 0) is 32.4 Å². The highest BCUT2D eigenvalue weighted by Gasteiger charge is 2.26. The summed E-state index contributed by atoms with van der Waals surface area (Å²) in [5.74, 6) is 0.307. The van der Waals surface area contributed by atoms with E-state index in [1.54, 1.807) is 0 Å². The van der Waals surface area contributed by atoms with Crippen LogP contribution in [0.1, 0.15) is 19.3 Å². The molecule has 0 radical (unpaired) electrons. The van der Waals surface area contributed by atoms with Crippen LogP contribution >= 0.6 is 0 Å². The normalized spacial score (nSPS) is 28.5. The lowest BCUT2D eigenvalue weighted by molar-refractivity contribution is -0.122. The summed E-state index contributed by atoms with van der Waals surface area (Å²) in [7, 11) is -2.95. The second-order valence-electron chi connectivity index (χ2n) is 5.40. The second-order valence-corrected chi connectivity index (χ2v) is 7.63. The summed E-state index contributed by atoms with van der Waals surface area (Å²) in [5.41, 5.74) is 0. The minimum atomic E-state index is -2.95. The maximum absolute atomic E-state index is 11.9. The van der Waals surface area contributed by atoms with Gasteiger partial charge in [0.15, 0.2) is 9.84 Å². The van der Waals surface area contributed by atoms with Crippen molar-refractivity contribution in [2.24, 2.45) is 0 Å². The summed E-state index contributed by atoms with van der Waals surface area (Å²) in [5, 5.41) is 6.15. The van der Waals surface area contributed by atoms with E-state index in [9.17, 15) is 13.2 Å². The van der Waals surface area contributed by atoms with Crippen LogP contribution in [0.5, 0.6) is 0 Å². The van der Waals surface area contributed by atoms with Crippen LogP contribution in [0.25, 0.3) is 0 Å². The molecule has 110 valence electrons. The molecule has 0 aromatic carbocycles. The average molecular weight is 289 g/mol. The minimum absolute atomic E-state index is 0.0519. The lowest BCUT2D eigenvalue weighted by Gasteiger charge is -2.25. The van der Waals surface area contributed by atoms with Crippen LogP contribution in [0.15, 0.2) is 0 Å². The van der Waals surface area contributed by atoms with Gasteiger partial charge in [0.25, 0.3) is 0 Å². The molecule has 0 bridgehead atoms. The molecule has 7 heteroatoms. The van der Waals surface area contributed by atoms with Crippen molar-refractivity contribution in [1.29, 1.82) is 0 Å². The van der Waals surface area contributed by atoms with Crippen molar-refractivity contribution >= 4 is 15.7 Å². The van der Waals surface area contributed by atoms with Gasteiger partial charge < -0.3 is 10.6 Å². The molecule has 0 aromatic rings. The van der Waals surface area contributed by atoms with Crippen LogP contribution in [0.3, 0.4) is 0 Å². The number of carbonyl (C=O) groups is 1. The van der Waals surface area contributed by atoms with Crippen molar-refractivity contribution in [3.63, 3.8) is 0 Å². The van der Waals surface area contributed by atoms with Gasteiger partial charge in [-0.15, -0.1) is 0 Å². The van der Waals surface area contributed by atoms with Crippen molar-refractivity contribution < 1.29 is 13.2 Å². The first-order valence-corrected chi connectivity index (χ1v) is 8.80. The molecule has 2 heterocycles. The highest BCUT2D eigenvalue weighted by Crippen LogP contribution is 2.11. The molecule has 2 saturated heterocycles. The SMILES string of the molecule is O=C(CN1CCCNCC1)NC1CCCS(=O)(=O)C1. The fourth-order valence-corrected chi connectivity index (χ4v) is 4.31. The van der Waals surface area contributed by atoms with E-state index in [1.807, 2.05) is 0 Å². The van der Waals surface area contributed by atoms with Crippen molar-refractivity contribution in [3.8, 4) is 0 Å². The van der Waals surface area contributed by atoms with E-state index in [0.29, 0.717) is 13.0 Å². The molecule has 19 heavy (non-hydrogen) atoms. The molecule has 6 nitrogen and oxygen atoms in total. The van der Waals surface area contributed by atoms with Gasteiger partial charge in [-0.3, -0.25) is 9.69 Å². The van der Waals surface area contributed by atoms with Gasteiger partial charge in [0.2, 0.25) is 5.91 Å². The van der Waals surface area contributed by atoms with Crippen LogP contribution in [0.2, 0.25) is 0 Å². The van der Waals surface area contributed by atoms with E-state index in [1.165, 1.54) is 0 Å². The highest BCUT2D eigenvalue weighted by atomic mass is 32.2. The first-order chi connectivity index (χ1) is 9.05. The van der Waals surface area contributed by atoms with Crippen molar-refractivity contribution in [2.45, 2.75) is 25.3 Å². The van der Waals surface area contributed by atoms with Crippen LogP contribution < -0.4 is 10.6 Å². The summed E-state index contributed by atoms with van der Waals surface area (Å²) in [6, 6.07) is -0.198. The Morgan fingerprint density at radius 1 is 1.26 bits per heavy atom. The molecule has 0 aliphatic carbocycles. The minimum Gasteiger partial charge on any atom is -0.351 e. The van der Waals surface area contributed by atoms with Crippen LogP contribution in [0, 0.1) is 0 Å². The molecule has 0 saturated carbocycles. The van der Waals surface area contributed by atoms with E-state index in [-0.39, 0.29) is 23.5 Å². The summed E-state index contributed by atoms with van der Waals surface area (Å²) < 4.78 is 23.0. The predicted molar refractivity (Wildman–Crippen MR) is 73.7 cm³/mol. The Bertz CT molecular complexity index is 402. The second kappa shape index (κ2) is 6.67. The molecule has 2 rings (SSSR count). The molecular weight excluding hydrogens is 266 g/mol. The molecule has 2 aliphatic heterocycles. The average Bonchev–Trinajstić information content (AvgIpc) is 2.56. The molecule has 2 N–H and O–H groups in total. The quantitative estimate of drug-likeness (QED) is 0.695. The Morgan fingerprint density at radius 3 is 2.89 bits per heavy atom. The van der Waals surface area contributed by atoms with Gasteiger partial charge in [-0.1, -0.05) is 0 Å². The number of nitrogens with one attached hydrogen (secondary N) is 2. The third-order valence-corrected chi connectivity index (χ3v) is 5.45. The van der Waals surface area contributed by atoms with Gasteiger partial charge in [0.05, 0.1) is 18.1 Å². The predicted octanol–water partition coefficient (Wildman–Crippen LogP) is -1.02. The zero-order valence-electron chi connectivity index (χ0n) is 11.2. The number of nitrogens with zero attached hydrogens (tertiary/aromatic N) is 1. The Hall–Kier alpha value is -0.660. The number of sulfone groups is 1. The van der Waals surface area contributed by atoms with Crippen LogP contribution in [-0.2, 0) is 14.6 Å². The van der Waals surface area contributed by atoms with Gasteiger partial charge >= 0.3 is 0 Å². The monoisotopic (exact) mass is 289 g/mol. The Morgan fingerprint density at radius 2 is 2.11 bits per heavy atom. The Labute approximate surface area is 114 Å². The van der Waals surface area contributed by atoms with Gasteiger partial charge in [-0.25, -0.2) is 8.42 Å². The largest absolute Gasteiger partial charge is 0.351 e. The molecule has 0 spiro atoms. The summed E-state index contributed by atoms with van der Waals surface area (Å²) >= 11 is 0. The lowest BCUT2D eigenvalue weighted by atomic mass is 10.2. The Kier molecular flexibility index (Phi) is 5.18. The maximum atomic E-state index is 11.9. The fraction of sp³-hybridized carbons (Fsp3) is 0.917. The first kappa shape index (κ1) is 14.7. The zero-order chi connectivity index (χ0) is 13.7. The van der Waals surface area contributed by atoms with Crippen molar-refractivity contribution in [2.75, 3.05) is 44.2 Å². The maximum Gasteiger partial charge on any atom is 0.234 e. The van der Waals surface area contributed by atoms with E-state index < -0.39 is 9.84 Å². The topological polar surface area (TPSA) is 78.5 Å². The van der Waals surface area contributed by atoms with Gasteiger partial charge in [0.1, 0.15) is 0 Å². The molecule has 2 aliphatic rings. The third-order valence-electron chi connectivity index (χ3n) is 3.63. The number of amides is 1. The van der Waals surface area contributed by atoms with Crippen LogP contribution in [-0.4, -0.2) is 69.5 Å². The van der Waals surface area contributed by atoms with Gasteiger partial charge in [0, 0.05) is 19.1 Å². The lowest BCUT2D eigenvalue weighted by Crippen LogP contribution is -2.47. The first-order valence-electron chi connectivity index (χ1n) is 6.98.